The Morgan fingerprint density at radius 3 is 2.60 bits per heavy atom. The van der Waals surface area contributed by atoms with Crippen LogP contribution in [0, 0.1) is 25.7 Å². The maximum absolute atomic E-state index is 5.46. The summed E-state index contributed by atoms with van der Waals surface area (Å²) in [6, 6.07) is 6.87. The Bertz CT molecular complexity index is 484. The van der Waals surface area contributed by atoms with Gasteiger partial charge in [-0.25, -0.2) is 0 Å². The van der Waals surface area contributed by atoms with Crippen molar-refractivity contribution in [1.82, 2.24) is 5.32 Å². The molecule has 2 nitrogen and oxygen atoms in total. The zero-order chi connectivity index (χ0) is 14.7. The zero-order valence-corrected chi connectivity index (χ0v) is 13.8. The van der Waals surface area contributed by atoms with Crippen molar-refractivity contribution < 1.29 is 0 Å². The van der Waals surface area contributed by atoms with Crippen LogP contribution < -0.4 is 10.6 Å². The highest BCUT2D eigenvalue weighted by Crippen LogP contribution is 2.29. The van der Waals surface area contributed by atoms with Gasteiger partial charge in [-0.2, -0.15) is 0 Å². The van der Waals surface area contributed by atoms with Crippen LogP contribution in [0.4, 0.5) is 5.69 Å². The van der Waals surface area contributed by atoms with Crippen LogP contribution in [0.1, 0.15) is 44.2 Å². The van der Waals surface area contributed by atoms with Crippen molar-refractivity contribution in [3.63, 3.8) is 0 Å². The van der Waals surface area contributed by atoms with E-state index in [0.29, 0.717) is 12.0 Å². The van der Waals surface area contributed by atoms with Crippen molar-refractivity contribution in [2.24, 2.45) is 11.8 Å². The average Bonchev–Trinajstić information content (AvgIpc) is 2.39. The maximum Gasteiger partial charge on any atom is 0.171 e. The van der Waals surface area contributed by atoms with Crippen LogP contribution in [0.25, 0.3) is 0 Å². The molecule has 0 amide bonds. The van der Waals surface area contributed by atoms with E-state index in [0.717, 1.165) is 16.7 Å². The summed E-state index contributed by atoms with van der Waals surface area (Å²) in [5, 5.41) is 7.56. The molecule has 20 heavy (non-hydrogen) atoms. The third-order valence-corrected chi connectivity index (χ3v) is 5.01. The van der Waals surface area contributed by atoms with E-state index in [-0.39, 0.29) is 0 Å². The molecule has 0 aliphatic heterocycles. The first-order chi connectivity index (χ1) is 9.47. The smallest absolute Gasteiger partial charge is 0.171 e. The Morgan fingerprint density at radius 2 is 1.90 bits per heavy atom. The van der Waals surface area contributed by atoms with Crippen LogP contribution in [-0.2, 0) is 0 Å². The van der Waals surface area contributed by atoms with Crippen molar-refractivity contribution >= 4 is 23.0 Å². The largest absolute Gasteiger partial charge is 0.359 e. The van der Waals surface area contributed by atoms with Gasteiger partial charge in [0.05, 0.1) is 0 Å². The van der Waals surface area contributed by atoms with Crippen LogP contribution in [0.15, 0.2) is 18.2 Å². The van der Waals surface area contributed by atoms with Crippen LogP contribution in [0.3, 0.4) is 0 Å². The van der Waals surface area contributed by atoms with Crippen molar-refractivity contribution in [3.05, 3.63) is 29.3 Å². The van der Waals surface area contributed by atoms with Crippen molar-refractivity contribution in [2.45, 2.75) is 53.0 Å². The van der Waals surface area contributed by atoms with Crippen LogP contribution >= 0.6 is 12.2 Å². The lowest BCUT2D eigenvalue weighted by atomic mass is 9.78. The maximum atomic E-state index is 5.46. The minimum absolute atomic E-state index is 0.505. The standard InChI is InChI=1S/C17H26N2S/c1-11-8-9-15(10-13(11)3)18-17(20)19-16-7-5-6-12(2)14(16)4/h8-10,12,14,16H,5-7H2,1-4H3,(H2,18,19,20)/t12-,14-,16+/m0/s1. The number of rotatable bonds is 2. The van der Waals surface area contributed by atoms with Crippen molar-refractivity contribution in [3.8, 4) is 0 Å². The summed E-state index contributed by atoms with van der Waals surface area (Å²) in [7, 11) is 0. The Kier molecular flexibility index (Phi) is 5.03. The van der Waals surface area contributed by atoms with E-state index >= 15 is 0 Å². The Hall–Kier alpha value is -1.09. The molecule has 3 heteroatoms. The number of hydrogen-bond donors (Lipinski definition) is 2. The number of anilines is 1. The minimum atomic E-state index is 0.505. The van der Waals surface area contributed by atoms with Crippen LogP contribution in [0.2, 0.25) is 0 Å². The lowest BCUT2D eigenvalue weighted by molar-refractivity contribution is 0.225. The Morgan fingerprint density at radius 1 is 1.15 bits per heavy atom. The molecule has 1 aromatic carbocycles. The predicted molar refractivity (Wildman–Crippen MR) is 91.2 cm³/mol. The van der Waals surface area contributed by atoms with E-state index in [4.69, 9.17) is 12.2 Å². The molecular formula is C17H26N2S. The van der Waals surface area contributed by atoms with E-state index in [1.807, 2.05) is 0 Å². The minimum Gasteiger partial charge on any atom is -0.359 e. The molecule has 0 radical (unpaired) electrons. The van der Waals surface area contributed by atoms with Gasteiger partial charge >= 0.3 is 0 Å². The van der Waals surface area contributed by atoms with E-state index in [1.165, 1.54) is 30.4 Å². The summed E-state index contributed by atoms with van der Waals surface area (Å²) in [5.41, 5.74) is 3.67. The van der Waals surface area contributed by atoms with Gasteiger partial charge in [0.1, 0.15) is 0 Å². The summed E-state index contributed by atoms with van der Waals surface area (Å²) in [5.74, 6) is 1.47. The molecule has 110 valence electrons. The molecule has 1 aromatic rings. The molecule has 1 aliphatic rings. The molecule has 0 heterocycles. The van der Waals surface area contributed by atoms with Gasteiger partial charge in [0.15, 0.2) is 5.11 Å². The molecular weight excluding hydrogens is 264 g/mol. The fourth-order valence-electron chi connectivity index (χ4n) is 2.94. The molecule has 0 unspecified atom stereocenters. The second kappa shape index (κ2) is 6.57. The molecule has 1 fully saturated rings. The lowest BCUT2D eigenvalue weighted by Gasteiger charge is -2.35. The van der Waals surface area contributed by atoms with Gasteiger partial charge in [-0.3, -0.25) is 0 Å². The van der Waals surface area contributed by atoms with Gasteiger partial charge in [0.2, 0.25) is 0 Å². The van der Waals surface area contributed by atoms with E-state index < -0.39 is 0 Å². The first kappa shape index (κ1) is 15.3. The topological polar surface area (TPSA) is 24.1 Å². The summed E-state index contributed by atoms with van der Waals surface area (Å²) in [4.78, 5) is 0. The highest BCUT2D eigenvalue weighted by Gasteiger charge is 2.27. The van der Waals surface area contributed by atoms with Gasteiger partial charge < -0.3 is 10.6 Å². The molecule has 1 aliphatic carbocycles. The fraction of sp³-hybridized carbons (Fsp3) is 0.588. The molecule has 1 saturated carbocycles. The number of benzene rings is 1. The number of thiocarbonyl (C=S) groups is 1. The van der Waals surface area contributed by atoms with E-state index in [9.17, 15) is 0 Å². The first-order valence-corrected chi connectivity index (χ1v) is 8.03. The quantitative estimate of drug-likeness (QED) is 0.789. The van der Waals surface area contributed by atoms with Crippen LogP contribution in [0.5, 0.6) is 0 Å². The first-order valence-electron chi connectivity index (χ1n) is 7.62. The third kappa shape index (κ3) is 3.72. The zero-order valence-electron chi connectivity index (χ0n) is 13.0. The average molecular weight is 290 g/mol. The normalized spacial score (nSPS) is 26.1. The molecule has 2 rings (SSSR count). The Labute approximate surface area is 128 Å². The van der Waals surface area contributed by atoms with Crippen LogP contribution in [-0.4, -0.2) is 11.2 Å². The summed E-state index contributed by atoms with van der Waals surface area (Å²) >= 11 is 5.46. The third-order valence-electron chi connectivity index (χ3n) is 4.79. The highest BCUT2D eigenvalue weighted by atomic mass is 32.1. The number of hydrogen-bond acceptors (Lipinski definition) is 1. The van der Waals surface area contributed by atoms with E-state index in [2.05, 4.69) is 56.5 Å². The molecule has 0 bridgehead atoms. The van der Waals surface area contributed by atoms with Gasteiger partial charge in [-0.05, 0) is 67.6 Å². The monoisotopic (exact) mass is 290 g/mol. The molecule has 0 saturated heterocycles. The molecule has 3 atom stereocenters. The van der Waals surface area contributed by atoms with Gasteiger partial charge in [0.25, 0.3) is 0 Å². The second-order valence-electron chi connectivity index (χ2n) is 6.27. The van der Waals surface area contributed by atoms with Gasteiger partial charge in [0, 0.05) is 11.7 Å². The Balaban J connectivity index is 1.93. The number of aryl methyl sites for hydroxylation is 2. The predicted octanol–water partition coefficient (Wildman–Crippen LogP) is 4.41. The lowest BCUT2D eigenvalue weighted by Crippen LogP contribution is -2.45. The number of nitrogens with one attached hydrogen (secondary N) is 2. The summed E-state index contributed by atoms with van der Waals surface area (Å²) in [6.07, 6.45) is 3.87. The van der Waals surface area contributed by atoms with E-state index in [1.54, 1.807) is 0 Å². The molecule has 2 N–H and O–H groups in total. The molecule has 0 aromatic heterocycles. The summed E-state index contributed by atoms with van der Waals surface area (Å²) < 4.78 is 0. The molecule has 0 spiro atoms. The fourth-order valence-corrected chi connectivity index (χ4v) is 3.21. The van der Waals surface area contributed by atoms with Gasteiger partial charge in [-0.15, -0.1) is 0 Å². The van der Waals surface area contributed by atoms with Gasteiger partial charge in [-0.1, -0.05) is 32.8 Å². The summed E-state index contributed by atoms with van der Waals surface area (Å²) in [6.45, 7) is 8.93. The SMILES string of the molecule is Cc1ccc(NC(=S)N[C@@H]2CCC[C@H](C)[C@@H]2C)cc1C. The van der Waals surface area contributed by atoms with Crippen molar-refractivity contribution in [1.29, 1.82) is 0 Å². The highest BCUT2D eigenvalue weighted by molar-refractivity contribution is 7.80. The second-order valence-corrected chi connectivity index (χ2v) is 6.68. The van der Waals surface area contributed by atoms with Crippen molar-refractivity contribution in [2.75, 3.05) is 5.32 Å².